The van der Waals surface area contributed by atoms with Crippen molar-refractivity contribution in [1.29, 1.82) is 0 Å². The van der Waals surface area contributed by atoms with Gasteiger partial charge in [0.2, 0.25) is 0 Å². The maximum Gasteiger partial charge on any atom is 0.336 e. The Morgan fingerprint density at radius 3 is 2.42 bits per heavy atom. The van der Waals surface area contributed by atoms with E-state index in [1.807, 2.05) is 18.2 Å². The molecule has 90 valence electrons. The van der Waals surface area contributed by atoms with Crippen LogP contribution in [0.15, 0.2) is 69.9 Å². The molecule has 3 aromatic carbocycles. The second kappa shape index (κ2) is 3.69. The first-order chi connectivity index (χ1) is 9.31. The van der Waals surface area contributed by atoms with E-state index in [-0.39, 0.29) is 5.63 Å². The van der Waals surface area contributed by atoms with Crippen LogP contribution < -0.4 is 5.63 Å². The summed E-state index contributed by atoms with van der Waals surface area (Å²) >= 11 is 0. The molecule has 0 aliphatic rings. The summed E-state index contributed by atoms with van der Waals surface area (Å²) < 4.78 is 5.26. The molecule has 2 heteroatoms. The van der Waals surface area contributed by atoms with Crippen LogP contribution in [0.3, 0.4) is 0 Å². The zero-order valence-electron chi connectivity index (χ0n) is 10.1. The summed E-state index contributed by atoms with van der Waals surface area (Å²) in [6.45, 7) is 0. The van der Waals surface area contributed by atoms with Crippen molar-refractivity contribution < 1.29 is 4.42 Å². The quantitative estimate of drug-likeness (QED) is 0.265. The lowest BCUT2D eigenvalue weighted by atomic mass is 10.0. The number of hydrogen-bond acceptors (Lipinski definition) is 2. The van der Waals surface area contributed by atoms with Crippen LogP contribution >= 0.6 is 0 Å². The Hall–Kier alpha value is -2.61. The Labute approximate surface area is 108 Å². The molecule has 19 heavy (non-hydrogen) atoms. The molecule has 0 aliphatic heterocycles. The van der Waals surface area contributed by atoms with Gasteiger partial charge in [-0.25, -0.2) is 4.79 Å². The topological polar surface area (TPSA) is 30.2 Å². The van der Waals surface area contributed by atoms with E-state index < -0.39 is 0 Å². The maximum atomic E-state index is 11.3. The van der Waals surface area contributed by atoms with Crippen LogP contribution in [-0.4, -0.2) is 0 Å². The van der Waals surface area contributed by atoms with Gasteiger partial charge in [-0.3, -0.25) is 0 Å². The van der Waals surface area contributed by atoms with Gasteiger partial charge >= 0.3 is 5.63 Å². The summed E-state index contributed by atoms with van der Waals surface area (Å²) in [5.74, 6) is 0. The fraction of sp³-hybridized carbons (Fsp3) is 0. The van der Waals surface area contributed by atoms with Gasteiger partial charge < -0.3 is 4.42 Å². The van der Waals surface area contributed by atoms with Gasteiger partial charge in [-0.2, -0.15) is 0 Å². The molecular formula is C17H10O2. The van der Waals surface area contributed by atoms with E-state index in [0.717, 1.165) is 16.2 Å². The summed E-state index contributed by atoms with van der Waals surface area (Å²) in [5.41, 5.74) is 0.323. The molecule has 4 rings (SSSR count). The smallest absolute Gasteiger partial charge is 0.336 e. The monoisotopic (exact) mass is 246 g/mol. The molecule has 0 spiro atoms. The lowest BCUT2D eigenvalue weighted by Crippen LogP contribution is -1.94. The van der Waals surface area contributed by atoms with Crippen molar-refractivity contribution in [1.82, 2.24) is 0 Å². The average Bonchev–Trinajstić information content (AvgIpc) is 2.45. The Morgan fingerprint density at radius 1 is 0.684 bits per heavy atom. The molecule has 0 aliphatic carbocycles. The molecule has 1 aromatic heterocycles. The molecule has 0 amide bonds. The van der Waals surface area contributed by atoms with Crippen molar-refractivity contribution >= 4 is 32.5 Å². The van der Waals surface area contributed by atoms with Crippen molar-refractivity contribution in [2.24, 2.45) is 0 Å². The van der Waals surface area contributed by atoms with Crippen LogP contribution in [0.25, 0.3) is 32.5 Å². The Morgan fingerprint density at radius 2 is 1.47 bits per heavy atom. The largest absolute Gasteiger partial charge is 0.423 e. The predicted molar refractivity (Wildman–Crippen MR) is 77.5 cm³/mol. The van der Waals surface area contributed by atoms with E-state index in [4.69, 9.17) is 4.42 Å². The molecule has 0 bridgehead atoms. The van der Waals surface area contributed by atoms with Crippen molar-refractivity contribution in [3.8, 4) is 0 Å². The highest BCUT2D eigenvalue weighted by molar-refractivity contribution is 6.11. The van der Waals surface area contributed by atoms with Gasteiger partial charge in [-0.1, -0.05) is 36.4 Å². The van der Waals surface area contributed by atoms with Crippen molar-refractivity contribution in [2.45, 2.75) is 0 Å². The molecule has 2 nitrogen and oxygen atoms in total. The van der Waals surface area contributed by atoms with Gasteiger partial charge in [0.15, 0.2) is 0 Å². The van der Waals surface area contributed by atoms with E-state index in [2.05, 4.69) is 30.3 Å². The average molecular weight is 246 g/mol. The summed E-state index contributed by atoms with van der Waals surface area (Å²) in [5, 5.41) is 5.57. The van der Waals surface area contributed by atoms with Gasteiger partial charge in [0.25, 0.3) is 0 Å². The highest BCUT2D eigenvalue weighted by Gasteiger charge is 2.04. The second-order valence-electron chi connectivity index (χ2n) is 4.65. The van der Waals surface area contributed by atoms with Crippen LogP contribution in [-0.2, 0) is 0 Å². The first-order valence-electron chi connectivity index (χ1n) is 6.17. The number of benzene rings is 3. The van der Waals surface area contributed by atoms with Crippen LogP contribution in [0.4, 0.5) is 0 Å². The van der Waals surface area contributed by atoms with Crippen molar-refractivity contribution in [3.63, 3.8) is 0 Å². The summed E-state index contributed by atoms with van der Waals surface area (Å²) in [6, 6.07) is 19.7. The van der Waals surface area contributed by atoms with E-state index in [1.54, 1.807) is 6.07 Å². The lowest BCUT2D eigenvalue weighted by molar-refractivity contribution is 0.561. The normalized spacial score (nSPS) is 11.4. The molecular weight excluding hydrogens is 236 g/mol. The van der Waals surface area contributed by atoms with Crippen LogP contribution in [0.5, 0.6) is 0 Å². The van der Waals surface area contributed by atoms with E-state index >= 15 is 0 Å². The molecule has 0 radical (unpaired) electrons. The third kappa shape index (κ3) is 1.54. The maximum absolute atomic E-state index is 11.3. The SMILES string of the molecule is O=c1ccc2cc3ccc4ccccc4c3cc2o1. The van der Waals surface area contributed by atoms with Gasteiger partial charge in [0.05, 0.1) is 0 Å². The predicted octanol–water partition coefficient (Wildman–Crippen LogP) is 4.10. The first-order valence-corrected chi connectivity index (χ1v) is 6.17. The molecule has 0 unspecified atom stereocenters. The molecule has 0 atom stereocenters. The van der Waals surface area contributed by atoms with E-state index in [9.17, 15) is 4.79 Å². The molecule has 1 heterocycles. The number of fused-ring (bicyclic) bond motifs is 4. The van der Waals surface area contributed by atoms with E-state index in [1.165, 1.54) is 16.8 Å². The molecule has 0 N–H and O–H groups in total. The third-order valence-corrected chi connectivity index (χ3v) is 3.48. The highest BCUT2D eigenvalue weighted by atomic mass is 16.4. The zero-order valence-corrected chi connectivity index (χ0v) is 10.1. The van der Waals surface area contributed by atoms with Crippen LogP contribution in [0, 0.1) is 0 Å². The minimum Gasteiger partial charge on any atom is -0.423 e. The van der Waals surface area contributed by atoms with Gasteiger partial charge in [0, 0.05) is 11.5 Å². The van der Waals surface area contributed by atoms with Gasteiger partial charge in [0.1, 0.15) is 5.58 Å². The minimum absolute atomic E-state index is 0.313. The van der Waals surface area contributed by atoms with Crippen molar-refractivity contribution in [2.75, 3.05) is 0 Å². The molecule has 0 fully saturated rings. The van der Waals surface area contributed by atoms with Crippen LogP contribution in [0.2, 0.25) is 0 Å². The highest BCUT2D eigenvalue weighted by Crippen LogP contribution is 2.28. The fourth-order valence-electron chi connectivity index (χ4n) is 2.57. The molecule has 0 saturated heterocycles. The van der Waals surface area contributed by atoms with Crippen molar-refractivity contribution in [3.05, 3.63) is 71.1 Å². The first kappa shape index (κ1) is 10.3. The molecule has 0 saturated carbocycles. The molecule has 4 aromatic rings. The second-order valence-corrected chi connectivity index (χ2v) is 4.65. The third-order valence-electron chi connectivity index (χ3n) is 3.48. The minimum atomic E-state index is -0.313. The summed E-state index contributed by atoms with van der Waals surface area (Å²) in [4.78, 5) is 11.3. The standard InChI is InChI=1S/C17H10O2/c18-17-8-7-13-9-12-6-5-11-3-1-2-4-14(11)15(12)10-16(13)19-17/h1-10H. The number of hydrogen-bond donors (Lipinski definition) is 0. The Balaban J connectivity index is 2.26. The Bertz CT molecular complexity index is 980. The lowest BCUT2D eigenvalue weighted by Gasteiger charge is -2.05. The van der Waals surface area contributed by atoms with Gasteiger partial charge in [-0.15, -0.1) is 0 Å². The fourth-order valence-corrected chi connectivity index (χ4v) is 2.57. The zero-order chi connectivity index (χ0) is 12.8. The van der Waals surface area contributed by atoms with Gasteiger partial charge in [-0.05, 0) is 39.7 Å². The number of rotatable bonds is 0. The summed E-state index contributed by atoms with van der Waals surface area (Å²) in [7, 11) is 0. The summed E-state index contributed by atoms with van der Waals surface area (Å²) in [6.07, 6.45) is 0. The van der Waals surface area contributed by atoms with Crippen LogP contribution in [0.1, 0.15) is 0 Å². The van der Waals surface area contributed by atoms with E-state index in [0.29, 0.717) is 5.58 Å². The Kier molecular flexibility index (Phi) is 2.00.